The Hall–Kier alpha value is -1.84. The number of sulfonamides is 1. The summed E-state index contributed by atoms with van der Waals surface area (Å²) in [6, 6.07) is 6.50. The third-order valence-corrected chi connectivity index (χ3v) is 6.69. The van der Waals surface area contributed by atoms with Crippen LogP contribution in [0.15, 0.2) is 29.2 Å². The maximum Gasteiger partial charge on any atom is 0.243 e. The van der Waals surface area contributed by atoms with Crippen LogP contribution in [0.1, 0.15) is 63.5 Å². The molecule has 0 saturated carbocycles. The molecule has 6 heteroatoms. The number of hydrogen-bond donors (Lipinski definition) is 1. The fourth-order valence-electron chi connectivity index (χ4n) is 3.37. The van der Waals surface area contributed by atoms with Crippen molar-refractivity contribution < 1.29 is 13.2 Å². The topological polar surface area (TPSA) is 66.5 Å². The monoisotopic (exact) mass is 376 g/mol. The number of unbranched alkanes of at least 4 members (excludes halogenated alkanes) is 5. The number of amides is 1. The van der Waals surface area contributed by atoms with E-state index < -0.39 is 16.1 Å². The van der Waals surface area contributed by atoms with Gasteiger partial charge in [-0.05, 0) is 18.1 Å². The van der Waals surface area contributed by atoms with Gasteiger partial charge in [0.2, 0.25) is 15.9 Å². The van der Waals surface area contributed by atoms with Crippen molar-refractivity contribution in [2.75, 3.05) is 13.1 Å². The molecule has 1 aliphatic heterocycles. The molecule has 0 aromatic heterocycles. The Kier molecular flexibility index (Phi) is 7.67. The summed E-state index contributed by atoms with van der Waals surface area (Å²) in [6.45, 7) is 2.76. The second-order valence-corrected chi connectivity index (χ2v) is 8.48. The van der Waals surface area contributed by atoms with Gasteiger partial charge in [-0.1, -0.05) is 63.1 Å². The normalized spacial score (nSPS) is 18.2. The number of fused-ring (bicyclic) bond motifs is 1. The van der Waals surface area contributed by atoms with Crippen LogP contribution in [0.4, 0.5) is 0 Å². The fourth-order valence-corrected chi connectivity index (χ4v) is 5.27. The molecule has 1 aliphatic rings. The van der Waals surface area contributed by atoms with Gasteiger partial charge in [-0.15, -0.1) is 6.42 Å². The molecule has 0 unspecified atom stereocenters. The molecule has 0 radical (unpaired) electrons. The Morgan fingerprint density at radius 2 is 1.88 bits per heavy atom. The van der Waals surface area contributed by atoms with E-state index in [1.54, 1.807) is 18.2 Å². The van der Waals surface area contributed by atoms with Crippen molar-refractivity contribution >= 4 is 15.9 Å². The number of carbonyl (C=O) groups is 1. The van der Waals surface area contributed by atoms with Gasteiger partial charge in [-0.2, -0.15) is 4.31 Å². The van der Waals surface area contributed by atoms with E-state index in [9.17, 15) is 13.2 Å². The molecule has 1 aromatic rings. The maximum absolute atomic E-state index is 12.9. The smallest absolute Gasteiger partial charge is 0.243 e. The Labute approximate surface area is 157 Å². The lowest BCUT2D eigenvalue weighted by molar-refractivity contribution is -0.121. The number of nitrogens with one attached hydrogen (secondary N) is 1. The molecule has 0 spiro atoms. The number of terminal acetylenes is 1. The van der Waals surface area contributed by atoms with Crippen LogP contribution >= 0.6 is 0 Å². The van der Waals surface area contributed by atoms with E-state index >= 15 is 0 Å². The summed E-state index contributed by atoms with van der Waals surface area (Å²) in [5.74, 6) is 2.14. The number of rotatable bonds is 10. The van der Waals surface area contributed by atoms with E-state index in [4.69, 9.17) is 6.42 Å². The molecule has 0 fully saturated rings. The highest BCUT2D eigenvalue weighted by Gasteiger charge is 2.42. The largest absolute Gasteiger partial charge is 0.345 e. The minimum absolute atomic E-state index is 0.0910. The van der Waals surface area contributed by atoms with Gasteiger partial charge in [0.25, 0.3) is 0 Å². The zero-order valence-corrected chi connectivity index (χ0v) is 16.2. The Morgan fingerprint density at radius 3 is 2.62 bits per heavy atom. The first kappa shape index (κ1) is 20.5. The molecule has 0 aliphatic carbocycles. The zero-order chi connectivity index (χ0) is 19.0. The van der Waals surface area contributed by atoms with Crippen LogP contribution in [0.25, 0.3) is 0 Å². The molecule has 5 nitrogen and oxygen atoms in total. The van der Waals surface area contributed by atoms with Gasteiger partial charge >= 0.3 is 0 Å². The predicted molar refractivity (Wildman–Crippen MR) is 103 cm³/mol. The minimum Gasteiger partial charge on any atom is -0.345 e. The Morgan fingerprint density at radius 1 is 1.19 bits per heavy atom. The molecule has 142 valence electrons. The summed E-state index contributed by atoms with van der Waals surface area (Å²) in [7, 11) is -3.55. The van der Waals surface area contributed by atoms with Gasteiger partial charge in [0.05, 0.1) is 17.5 Å². The highest BCUT2D eigenvalue weighted by molar-refractivity contribution is 7.89. The average molecular weight is 377 g/mol. The molecular formula is C20H28N2O3S. The summed E-state index contributed by atoms with van der Waals surface area (Å²) in [5, 5.41) is 2.63. The lowest BCUT2D eigenvalue weighted by Gasteiger charge is -2.23. The third kappa shape index (κ3) is 4.87. The van der Waals surface area contributed by atoms with Crippen LogP contribution in [-0.2, 0) is 14.8 Å². The number of benzene rings is 1. The second kappa shape index (κ2) is 9.75. The van der Waals surface area contributed by atoms with Crippen molar-refractivity contribution in [2.45, 2.75) is 62.8 Å². The van der Waals surface area contributed by atoms with Crippen molar-refractivity contribution in [1.82, 2.24) is 9.62 Å². The SMILES string of the molecule is C#CCNC(=O)C[C@H]1c2ccccc2S(=O)(=O)N1CCCCCCCC. The van der Waals surface area contributed by atoms with E-state index in [-0.39, 0.29) is 18.9 Å². The predicted octanol–water partition coefficient (Wildman–Crippen LogP) is 3.23. The molecule has 1 amide bonds. The highest BCUT2D eigenvalue weighted by atomic mass is 32.2. The summed E-state index contributed by atoms with van der Waals surface area (Å²) in [5.41, 5.74) is 0.703. The van der Waals surface area contributed by atoms with Crippen molar-refractivity contribution in [3.05, 3.63) is 29.8 Å². The summed E-state index contributed by atoms with van der Waals surface area (Å²) in [4.78, 5) is 12.5. The highest BCUT2D eigenvalue weighted by Crippen LogP contribution is 2.41. The van der Waals surface area contributed by atoms with Gasteiger partial charge in [-0.3, -0.25) is 4.79 Å². The molecule has 0 bridgehead atoms. The van der Waals surface area contributed by atoms with Crippen molar-refractivity contribution in [1.29, 1.82) is 0 Å². The average Bonchev–Trinajstić information content (AvgIpc) is 2.84. The molecule has 26 heavy (non-hydrogen) atoms. The van der Waals surface area contributed by atoms with E-state index in [1.165, 1.54) is 23.6 Å². The van der Waals surface area contributed by atoms with Crippen LogP contribution in [0.2, 0.25) is 0 Å². The lowest BCUT2D eigenvalue weighted by atomic mass is 10.0. The Bertz CT molecular complexity index is 753. The van der Waals surface area contributed by atoms with Crippen LogP contribution < -0.4 is 5.32 Å². The van der Waals surface area contributed by atoms with Gasteiger partial charge in [-0.25, -0.2) is 8.42 Å². The second-order valence-electron chi connectivity index (χ2n) is 6.62. The Balaban J connectivity index is 2.10. The van der Waals surface area contributed by atoms with Crippen molar-refractivity contribution in [3.8, 4) is 12.3 Å². The third-order valence-electron chi connectivity index (χ3n) is 4.71. The minimum atomic E-state index is -3.55. The standard InChI is InChI=1S/C20H28N2O3S/c1-3-5-6-7-8-11-15-22-18(16-20(23)21-14-4-2)17-12-9-10-13-19(17)26(22,24)25/h2,9-10,12-13,18H,3,5-8,11,14-16H2,1H3,(H,21,23)/t18-/m0/s1. The van der Waals surface area contributed by atoms with E-state index in [0.717, 1.165) is 19.3 Å². The first-order chi connectivity index (χ1) is 12.5. The first-order valence-corrected chi connectivity index (χ1v) is 10.8. The number of hydrogen-bond acceptors (Lipinski definition) is 3. The van der Waals surface area contributed by atoms with Crippen LogP contribution in [0.3, 0.4) is 0 Å². The molecule has 1 heterocycles. The summed E-state index contributed by atoms with van der Waals surface area (Å²) >= 11 is 0. The molecule has 1 atom stereocenters. The lowest BCUT2D eigenvalue weighted by Crippen LogP contribution is -2.33. The van der Waals surface area contributed by atoms with Crippen molar-refractivity contribution in [3.63, 3.8) is 0 Å². The van der Waals surface area contributed by atoms with Crippen LogP contribution in [0, 0.1) is 12.3 Å². The molecule has 1 aromatic carbocycles. The van der Waals surface area contributed by atoms with Gasteiger partial charge in [0.1, 0.15) is 0 Å². The molecular weight excluding hydrogens is 348 g/mol. The quantitative estimate of drug-likeness (QED) is 0.504. The van der Waals surface area contributed by atoms with Gasteiger partial charge in [0.15, 0.2) is 0 Å². The van der Waals surface area contributed by atoms with Crippen LogP contribution in [0.5, 0.6) is 0 Å². The molecule has 0 saturated heterocycles. The van der Waals surface area contributed by atoms with E-state index in [2.05, 4.69) is 18.2 Å². The summed E-state index contributed by atoms with van der Waals surface area (Å²) < 4.78 is 27.3. The van der Waals surface area contributed by atoms with Gasteiger partial charge in [0, 0.05) is 13.0 Å². The maximum atomic E-state index is 12.9. The first-order valence-electron chi connectivity index (χ1n) is 9.33. The molecule has 2 rings (SSSR count). The fraction of sp³-hybridized carbons (Fsp3) is 0.550. The number of nitrogens with zero attached hydrogens (tertiary/aromatic N) is 1. The zero-order valence-electron chi connectivity index (χ0n) is 15.4. The molecule has 1 N–H and O–H groups in total. The van der Waals surface area contributed by atoms with E-state index in [0.29, 0.717) is 17.0 Å². The van der Waals surface area contributed by atoms with E-state index in [1.807, 2.05) is 6.07 Å². The van der Waals surface area contributed by atoms with Crippen LogP contribution in [-0.4, -0.2) is 31.7 Å². The van der Waals surface area contributed by atoms with Gasteiger partial charge < -0.3 is 5.32 Å². The van der Waals surface area contributed by atoms with Crippen molar-refractivity contribution in [2.24, 2.45) is 0 Å². The number of carbonyl (C=O) groups excluding carboxylic acids is 1. The summed E-state index contributed by atoms with van der Waals surface area (Å²) in [6.07, 6.45) is 11.8.